The third kappa shape index (κ3) is 7.39. The summed E-state index contributed by atoms with van der Waals surface area (Å²) in [6, 6.07) is 17.1. The molecule has 0 fully saturated rings. The van der Waals surface area contributed by atoms with E-state index in [9.17, 15) is 19.7 Å². The van der Waals surface area contributed by atoms with E-state index < -0.39 is 16.8 Å². The quantitative estimate of drug-likeness (QED) is 0.153. The van der Waals surface area contributed by atoms with Crippen molar-refractivity contribution in [3.63, 3.8) is 0 Å². The molecule has 180 valence electrons. The van der Waals surface area contributed by atoms with Gasteiger partial charge in [-0.05, 0) is 61.9 Å². The molecular formula is C25H23N3O7. The number of aryl methyl sites for hydroxylation is 1. The van der Waals surface area contributed by atoms with Crippen LogP contribution >= 0.6 is 0 Å². The van der Waals surface area contributed by atoms with Gasteiger partial charge in [-0.15, -0.1) is 0 Å². The normalized spacial score (nSPS) is 10.6. The molecule has 3 aromatic rings. The topological polar surface area (TPSA) is 129 Å². The van der Waals surface area contributed by atoms with Crippen LogP contribution in [0.2, 0.25) is 0 Å². The first-order valence-electron chi connectivity index (χ1n) is 10.6. The average Bonchev–Trinajstić information content (AvgIpc) is 2.85. The van der Waals surface area contributed by atoms with E-state index >= 15 is 0 Å². The molecular weight excluding hydrogens is 454 g/mol. The Labute approximate surface area is 201 Å². The molecule has 0 unspecified atom stereocenters. The van der Waals surface area contributed by atoms with Gasteiger partial charge in [0.2, 0.25) is 0 Å². The summed E-state index contributed by atoms with van der Waals surface area (Å²) in [4.78, 5) is 34.6. The lowest BCUT2D eigenvalue weighted by Gasteiger charge is -2.11. The van der Waals surface area contributed by atoms with E-state index in [0.29, 0.717) is 23.7 Å². The van der Waals surface area contributed by atoms with E-state index in [0.717, 1.165) is 5.56 Å². The summed E-state index contributed by atoms with van der Waals surface area (Å²) < 4.78 is 16.3. The summed E-state index contributed by atoms with van der Waals surface area (Å²) in [7, 11) is 0. The zero-order valence-electron chi connectivity index (χ0n) is 19.1. The van der Waals surface area contributed by atoms with E-state index in [-0.39, 0.29) is 23.6 Å². The summed E-state index contributed by atoms with van der Waals surface area (Å²) in [5.41, 5.74) is 4.07. The van der Waals surface area contributed by atoms with Gasteiger partial charge in [-0.3, -0.25) is 14.9 Å². The molecule has 3 rings (SSSR count). The van der Waals surface area contributed by atoms with Gasteiger partial charge in [-0.1, -0.05) is 17.7 Å². The number of rotatable bonds is 10. The van der Waals surface area contributed by atoms with Crippen molar-refractivity contribution < 1.29 is 28.7 Å². The number of esters is 1. The zero-order valence-corrected chi connectivity index (χ0v) is 19.1. The monoisotopic (exact) mass is 477 g/mol. The highest BCUT2D eigenvalue weighted by atomic mass is 16.6. The Bertz CT molecular complexity index is 1220. The Morgan fingerprint density at radius 1 is 1.00 bits per heavy atom. The number of hydrazone groups is 1. The first-order valence-corrected chi connectivity index (χ1v) is 10.6. The van der Waals surface area contributed by atoms with Gasteiger partial charge in [0, 0.05) is 12.1 Å². The van der Waals surface area contributed by atoms with Gasteiger partial charge in [0.05, 0.1) is 23.3 Å². The Morgan fingerprint density at radius 3 is 2.37 bits per heavy atom. The molecule has 10 nitrogen and oxygen atoms in total. The van der Waals surface area contributed by atoms with Crippen molar-refractivity contribution in [2.75, 3.05) is 13.2 Å². The maximum atomic E-state index is 12.4. The van der Waals surface area contributed by atoms with E-state index in [1.54, 1.807) is 31.2 Å². The number of benzene rings is 3. The van der Waals surface area contributed by atoms with Crippen LogP contribution in [0.1, 0.15) is 28.4 Å². The Morgan fingerprint density at radius 2 is 1.71 bits per heavy atom. The fourth-order valence-corrected chi connectivity index (χ4v) is 2.83. The maximum Gasteiger partial charge on any atom is 0.343 e. The van der Waals surface area contributed by atoms with Crippen LogP contribution in [0.4, 0.5) is 5.69 Å². The Hall–Kier alpha value is -4.73. The molecule has 0 bridgehead atoms. The minimum Gasteiger partial charge on any atom is -0.490 e. The molecule has 0 aromatic heterocycles. The van der Waals surface area contributed by atoms with Crippen LogP contribution in [0, 0.1) is 17.0 Å². The molecule has 35 heavy (non-hydrogen) atoms. The summed E-state index contributed by atoms with van der Waals surface area (Å²) in [6.45, 7) is 3.85. The van der Waals surface area contributed by atoms with Gasteiger partial charge in [0.25, 0.3) is 11.6 Å². The van der Waals surface area contributed by atoms with E-state index in [4.69, 9.17) is 14.2 Å². The van der Waals surface area contributed by atoms with Gasteiger partial charge in [-0.25, -0.2) is 10.2 Å². The molecule has 0 atom stereocenters. The number of hydrogen-bond acceptors (Lipinski definition) is 8. The SMILES string of the molecule is CCOc1cc(/C=N/NC(=O)COc2ccc(C)cc2)ccc1OC(=O)c1ccc([N+](=O)[O-])cc1. The number of ether oxygens (including phenoxy) is 3. The van der Waals surface area contributed by atoms with Crippen molar-refractivity contribution >= 4 is 23.8 Å². The molecule has 0 aliphatic rings. The minimum absolute atomic E-state index is 0.131. The summed E-state index contributed by atoms with van der Waals surface area (Å²) in [6.07, 6.45) is 1.41. The van der Waals surface area contributed by atoms with Crippen LogP contribution in [-0.2, 0) is 4.79 Å². The molecule has 0 spiro atoms. The highest BCUT2D eigenvalue weighted by molar-refractivity contribution is 5.92. The van der Waals surface area contributed by atoms with Gasteiger partial charge in [-0.2, -0.15) is 5.10 Å². The number of nitrogens with one attached hydrogen (secondary N) is 1. The number of nitro groups is 1. The third-order valence-corrected chi connectivity index (χ3v) is 4.58. The molecule has 10 heteroatoms. The standard InChI is InChI=1S/C25H23N3O7/c1-3-33-23-14-18(15-26-27-24(29)16-34-21-11-4-17(2)5-12-21)6-13-22(23)35-25(30)19-7-9-20(10-8-19)28(31)32/h4-15H,3,16H2,1-2H3,(H,27,29)/b26-15+. The van der Waals surface area contributed by atoms with E-state index in [1.807, 2.05) is 19.1 Å². The molecule has 0 radical (unpaired) electrons. The minimum atomic E-state index is -0.692. The first-order chi connectivity index (χ1) is 16.9. The molecule has 0 aliphatic heterocycles. The third-order valence-electron chi connectivity index (χ3n) is 4.58. The fraction of sp³-hybridized carbons (Fsp3) is 0.160. The first kappa shape index (κ1) is 24.9. The maximum absolute atomic E-state index is 12.4. The van der Waals surface area contributed by atoms with E-state index in [1.165, 1.54) is 36.5 Å². The molecule has 0 aliphatic carbocycles. The van der Waals surface area contributed by atoms with Crippen LogP contribution in [0.15, 0.2) is 71.8 Å². The molecule has 0 saturated heterocycles. The Kier molecular flexibility index (Phi) is 8.49. The van der Waals surface area contributed by atoms with Crippen molar-refractivity contribution in [1.29, 1.82) is 0 Å². The highest BCUT2D eigenvalue weighted by Crippen LogP contribution is 2.29. The van der Waals surface area contributed by atoms with Crippen molar-refractivity contribution in [2.45, 2.75) is 13.8 Å². The summed E-state index contributed by atoms with van der Waals surface area (Å²) >= 11 is 0. The second-order valence-electron chi connectivity index (χ2n) is 7.23. The van der Waals surface area contributed by atoms with Crippen LogP contribution in [0.5, 0.6) is 17.2 Å². The number of amides is 1. The second-order valence-corrected chi connectivity index (χ2v) is 7.23. The van der Waals surface area contributed by atoms with Crippen molar-refractivity contribution in [3.8, 4) is 17.2 Å². The lowest BCUT2D eigenvalue weighted by Crippen LogP contribution is -2.24. The lowest BCUT2D eigenvalue weighted by molar-refractivity contribution is -0.384. The van der Waals surface area contributed by atoms with Gasteiger partial charge in [0.15, 0.2) is 18.1 Å². The fourth-order valence-electron chi connectivity index (χ4n) is 2.83. The molecule has 1 N–H and O–H groups in total. The van der Waals surface area contributed by atoms with Gasteiger partial charge < -0.3 is 14.2 Å². The van der Waals surface area contributed by atoms with Gasteiger partial charge in [0.1, 0.15) is 5.75 Å². The lowest BCUT2D eigenvalue weighted by atomic mass is 10.2. The number of nitro benzene ring substituents is 1. The predicted molar refractivity (Wildman–Crippen MR) is 128 cm³/mol. The largest absolute Gasteiger partial charge is 0.490 e. The molecule has 3 aromatic carbocycles. The van der Waals surface area contributed by atoms with Crippen LogP contribution < -0.4 is 19.6 Å². The van der Waals surface area contributed by atoms with Crippen LogP contribution in [0.25, 0.3) is 0 Å². The molecule has 0 heterocycles. The smallest absolute Gasteiger partial charge is 0.343 e. The predicted octanol–water partition coefficient (Wildman–Crippen LogP) is 4.05. The van der Waals surface area contributed by atoms with Gasteiger partial charge >= 0.3 is 5.97 Å². The number of carbonyl (C=O) groups is 2. The van der Waals surface area contributed by atoms with Crippen molar-refractivity contribution in [3.05, 3.63) is 93.5 Å². The van der Waals surface area contributed by atoms with E-state index in [2.05, 4.69) is 10.5 Å². The van der Waals surface area contributed by atoms with Crippen molar-refractivity contribution in [1.82, 2.24) is 5.43 Å². The number of hydrogen-bond donors (Lipinski definition) is 1. The van der Waals surface area contributed by atoms with Crippen LogP contribution in [-0.4, -0.2) is 36.2 Å². The van der Waals surface area contributed by atoms with Crippen LogP contribution in [0.3, 0.4) is 0 Å². The molecule has 1 amide bonds. The highest BCUT2D eigenvalue weighted by Gasteiger charge is 2.15. The summed E-state index contributed by atoms with van der Waals surface area (Å²) in [5.74, 6) is -0.0813. The number of non-ortho nitro benzene ring substituents is 1. The zero-order chi connectivity index (χ0) is 25.2. The Balaban J connectivity index is 1.59. The average molecular weight is 477 g/mol. The molecule has 0 saturated carbocycles. The second kappa shape index (κ2) is 11.9. The number of nitrogens with zero attached hydrogens (tertiary/aromatic N) is 2. The van der Waals surface area contributed by atoms with Crippen molar-refractivity contribution in [2.24, 2.45) is 5.10 Å². The summed E-state index contributed by atoms with van der Waals surface area (Å²) in [5, 5.41) is 14.7. The number of carbonyl (C=O) groups excluding carboxylic acids is 2.